The van der Waals surface area contributed by atoms with Crippen molar-refractivity contribution in [3.8, 4) is 0 Å². The lowest BCUT2D eigenvalue weighted by Crippen LogP contribution is -2.33. The van der Waals surface area contributed by atoms with Crippen LogP contribution < -0.4 is 0 Å². The summed E-state index contributed by atoms with van der Waals surface area (Å²) in [6.07, 6.45) is 1.72. The van der Waals surface area contributed by atoms with E-state index in [1.54, 1.807) is 6.92 Å². The molecule has 1 aliphatic rings. The molecule has 1 amide bonds. The first kappa shape index (κ1) is 11.2. The molecular weight excluding hydrogens is 178 g/mol. The second kappa shape index (κ2) is 4.58. The topological polar surface area (TPSA) is 37.4 Å². The van der Waals surface area contributed by atoms with Crippen molar-refractivity contribution in [3.63, 3.8) is 0 Å². The Kier molecular flexibility index (Phi) is 3.67. The summed E-state index contributed by atoms with van der Waals surface area (Å²) in [5.74, 6) is 0.601. The van der Waals surface area contributed by atoms with E-state index in [1.165, 1.54) is 0 Å². The van der Waals surface area contributed by atoms with Crippen LogP contribution in [0.2, 0.25) is 0 Å². The maximum Gasteiger partial charge on any atom is 0.225 e. The van der Waals surface area contributed by atoms with Crippen LogP contribution in [0.15, 0.2) is 0 Å². The van der Waals surface area contributed by atoms with E-state index >= 15 is 0 Å². The zero-order chi connectivity index (χ0) is 10.7. The number of nitrogens with zero attached hydrogens (tertiary/aromatic N) is 1. The average Bonchev–Trinajstić information content (AvgIpc) is 2.64. The third kappa shape index (κ3) is 2.34. The van der Waals surface area contributed by atoms with Gasteiger partial charge in [0.2, 0.25) is 5.91 Å². The third-order valence-corrected chi connectivity index (χ3v) is 3.11. The lowest BCUT2D eigenvalue weighted by Gasteiger charge is -2.19. The average molecular weight is 197 g/mol. The monoisotopic (exact) mass is 197 g/mol. The number of Topliss-reactive ketones (excluding diaryl/α,β-unsaturated/α-hetero) is 1. The molecule has 0 aromatic rings. The fourth-order valence-corrected chi connectivity index (χ4v) is 1.78. The van der Waals surface area contributed by atoms with Gasteiger partial charge >= 0.3 is 0 Å². The van der Waals surface area contributed by atoms with E-state index in [-0.39, 0.29) is 23.5 Å². The fraction of sp³-hybridized carbons (Fsp3) is 0.818. The van der Waals surface area contributed by atoms with E-state index in [0.717, 1.165) is 19.4 Å². The number of hydrogen-bond acceptors (Lipinski definition) is 2. The number of carbonyl (C=O) groups is 2. The predicted molar refractivity (Wildman–Crippen MR) is 54.8 cm³/mol. The molecule has 0 spiro atoms. The first-order valence-corrected chi connectivity index (χ1v) is 5.35. The van der Waals surface area contributed by atoms with E-state index < -0.39 is 0 Å². The SMILES string of the molecule is CCC(C)C(=O)N1CCC(C(C)=O)C1. The van der Waals surface area contributed by atoms with Crippen LogP contribution in [0.1, 0.15) is 33.6 Å². The largest absolute Gasteiger partial charge is 0.342 e. The summed E-state index contributed by atoms with van der Waals surface area (Å²) < 4.78 is 0. The molecule has 2 unspecified atom stereocenters. The van der Waals surface area contributed by atoms with Crippen LogP contribution in [0, 0.1) is 11.8 Å². The summed E-state index contributed by atoms with van der Waals surface area (Å²) in [5.41, 5.74) is 0. The summed E-state index contributed by atoms with van der Waals surface area (Å²) in [4.78, 5) is 24.7. The Balaban J connectivity index is 2.49. The van der Waals surface area contributed by atoms with E-state index in [2.05, 4.69) is 0 Å². The van der Waals surface area contributed by atoms with Crippen LogP contribution in [-0.2, 0) is 9.59 Å². The summed E-state index contributed by atoms with van der Waals surface area (Å²) >= 11 is 0. The maximum absolute atomic E-state index is 11.8. The first-order valence-electron chi connectivity index (χ1n) is 5.35. The minimum absolute atomic E-state index is 0.0861. The normalized spacial score (nSPS) is 23.6. The van der Waals surface area contributed by atoms with E-state index in [1.807, 2.05) is 18.7 Å². The first-order chi connectivity index (χ1) is 6.56. The van der Waals surface area contributed by atoms with Gasteiger partial charge in [-0.05, 0) is 19.8 Å². The van der Waals surface area contributed by atoms with Crippen LogP contribution >= 0.6 is 0 Å². The fourth-order valence-electron chi connectivity index (χ4n) is 1.78. The number of rotatable bonds is 3. The van der Waals surface area contributed by atoms with Gasteiger partial charge in [0, 0.05) is 24.9 Å². The molecule has 1 rings (SSSR count). The van der Waals surface area contributed by atoms with Crippen molar-refractivity contribution < 1.29 is 9.59 Å². The van der Waals surface area contributed by atoms with Gasteiger partial charge in [-0.2, -0.15) is 0 Å². The van der Waals surface area contributed by atoms with Gasteiger partial charge in [-0.1, -0.05) is 13.8 Å². The number of ketones is 1. The van der Waals surface area contributed by atoms with Gasteiger partial charge in [0.05, 0.1) is 0 Å². The number of likely N-dealkylation sites (tertiary alicyclic amines) is 1. The third-order valence-electron chi connectivity index (χ3n) is 3.11. The molecule has 0 radical (unpaired) electrons. The molecule has 0 aromatic carbocycles. The molecule has 2 atom stereocenters. The van der Waals surface area contributed by atoms with E-state index in [9.17, 15) is 9.59 Å². The van der Waals surface area contributed by atoms with Gasteiger partial charge in [-0.3, -0.25) is 9.59 Å². The number of carbonyl (C=O) groups excluding carboxylic acids is 2. The Morgan fingerprint density at radius 1 is 1.50 bits per heavy atom. The molecule has 3 heteroatoms. The molecule has 1 saturated heterocycles. The number of hydrogen-bond donors (Lipinski definition) is 0. The van der Waals surface area contributed by atoms with Crippen molar-refractivity contribution in [3.05, 3.63) is 0 Å². The van der Waals surface area contributed by atoms with Gasteiger partial charge < -0.3 is 4.90 Å². The van der Waals surface area contributed by atoms with Crippen LogP contribution in [0.5, 0.6) is 0 Å². The Hall–Kier alpha value is -0.860. The molecule has 80 valence electrons. The van der Waals surface area contributed by atoms with Gasteiger partial charge in [-0.25, -0.2) is 0 Å². The Morgan fingerprint density at radius 3 is 2.57 bits per heavy atom. The summed E-state index contributed by atoms with van der Waals surface area (Å²) in [5, 5.41) is 0. The molecule has 0 aromatic heterocycles. The molecule has 14 heavy (non-hydrogen) atoms. The van der Waals surface area contributed by atoms with Crippen LogP contribution in [0.25, 0.3) is 0 Å². The van der Waals surface area contributed by atoms with Crippen molar-refractivity contribution in [1.29, 1.82) is 0 Å². The van der Waals surface area contributed by atoms with Crippen molar-refractivity contribution in [2.75, 3.05) is 13.1 Å². The highest BCUT2D eigenvalue weighted by Gasteiger charge is 2.30. The minimum Gasteiger partial charge on any atom is -0.342 e. The van der Waals surface area contributed by atoms with Crippen LogP contribution in [0.4, 0.5) is 0 Å². The minimum atomic E-state index is 0.0861. The van der Waals surface area contributed by atoms with Crippen molar-refractivity contribution in [2.24, 2.45) is 11.8 Å². The van der Waals surface area contributed by atoms with Crippen molar-refractivity contribution in [1.82, 2.24) is 4.90 Å². The molecule has 3 nitrogen and oxygen atoms in total. The second-order valence-corrected chi connectivity index (χ2v) is 4.19. The Labute approximate surface area is 85.5 Å². The van der Waals surface area contributed by atoms with Gasteiger partial charge in [-0.15, -0.1) is 0 Å². The quantitative estimate of drug-likeness (QED) is 0.687. The summed E-state index contributed by atoms with van der Waals surface area (Å²) in [6, 6.07) is 0. The van der Waals surface area contributed by atoms with Gasteiger partial charge in [0.15, 0.2) is 0 Å². The number of amides is 1. The van der Waals surface area contributed by atoms with Crippen LogP contribution in [-0.4, -0.2) is 29.7 Å². The highest BCUT2D eigenvalue weighted by atomic mass is 16.2. The lowest BCUT2D eigenvalue weighted by molar-refractivity contribution is -0.134. The molecular formula is C11H19NO2. The molecule has 1 heterocycles. The van der Waals surface area contributed by atoms with E-state index in [4.69, 9.17) is 0 Å². The zero-order valence-corrected chi connectivity index (χ0v) is 9.25. The van der Waals surface area contributed by atoms with Crippen molar-refractivity contribution >= 4 is 11.7 Å². The highest BCUT2D eigenvalue weighted by molar-refractivity contribution is 5.82. The van der Waals surface area contributed by atoms with E-state index in [0.29, 0.717) is 6.54 Å². The Morgan fingerprint density at radius 2 is 2.14 bits per heavy atom. The second-order valence-electron chi connectivity index (χ2n) is 4.19. The maximum atomic E-state index is 11.8. The molecule has 1 fully saturated rings. The molecule has 0 N–H and O–H groups in total. The van der Waals surface area contributed by atoms with Gasteiger partial charge in [0.1, 0.15) is 5.78 Å². The van der Waals surface area contributed by atoms with Gasteiger partial charge in [0.25, 0.3) is 0 Å². The van der Waals surface area contributed by atoms with Crippen molar-refractivity contribution in [2.45, 2.75) is 33.6 Å². The Bertz CT molecular complexity index is 237. The summed E-state index contributed by atoms with van der Waals surface area (Å²) in [6.45, 7) is 6.97. The predicted octanol–water partition coefficient (Wildman–Crippen LogP) is 1.47. The lowest BCUT2D eigenvalue weighted by atomic mass is 10.1. The standard InChI is InChI=1S/C11H19NO2/c1-4-8(2)11(14)12-6-5-10(7-12)9(3)13/h8,10H,4-7H2,1-3H3. The zero-order valence-electron chi connectivity index (χ0n) is 9.25. The van der Waals surface area contributed by atoms with Crippen LogP contribution in [0.3, 0.4) is 0 Å². The molecule has 0 bridgehead atoms. The molecule has 1 aliphatic heterocycles. The smallest absolute Gasteiger partial charge is 0.225 e. The molecule has 0 aliphatic carbocycles. The molecule has 0 saturated carbocycles. The highest BCUT2D eigenvalue weighted by Crippen LogP contribution is 2.19. The summed E-state index contributed by atoms with van der Waals surface area (Å²) in [7, 11) is 0.